The van der Waals surface area contributed by atoms with Gasteiger partial charge in [0.05, 0.1) is 0 Å². The zero-order valence-electron chi connectivity index (χ0n) is 12.2. The molecule has 3 heteroatoms. The van der Waals surface area contributed by atoms with Crippen LogP contribution in [0.5, 0.6) is 0 Å². The van der Waals surface area contributed by atoms with E-state index in [2.05, 4.69) is 32.9 Å². The Hall–Kier alpha value is -1.51. The number of carboxylic acid groups (broad SMARTS) is 1. The largest absolute Gasteiger partial charge is 0.465 e. The summed E-state index contributed by atoms with van der Waals surface area (Å²) in [6.07, 6.45) is -0.895. The van der Waals surface area contributed by atoms with Gasteiger partial charge in [-0.05, 0) is 41.5 Å². The van der Waals surface area contributed by atoms with Crippen LogP contribution in [0, 0.1) is 13.8 Å². The number of nitrogens with zero attached hydrogens (tertiary/aromatic N) is 1. The minimum absolute atomic E-state index is 0.118. The minimum atomic E-state index is -0.895. The maximum absolute atomic E-state index is 10.9. The van der Waals surface area contributed by atoms with Crippen LogP contribution >= 0.6 is 0 Å². The Kier molecular flexibility index (Phi) is 4.05. The van der Waals surface area contributed by atoms with Gasteiger partial charge in [-0.15, -0.1) is 0 Å². The maximum Gasteiger partial charge on any atom is 0.407 e. The molecule has 0 aliphatic heterocycles. The van der Waals surface area contributed by atoms with E-state index in [1.165, 1.54) is 10.5 Å². The smallest absolute Gasteiger partial charge is 0.407 e. The Morgan fingerprint density at radius 2 is 1.67 bits per heavy atom. The molecule has 1 rings (SSSR count). The molecule has 0 aliphatic carbocycles. The van der Waals surface area contributed by atoms with Crippen molar-refractivity contribution >= 4 is 6.09 Å². The van der Waals surface area contributed by atoms with Gasteiger partial charge in [-0.2, -0.15) is 0 Å². The lowest BCUT2D eigenvalue weighted by Crippen LogP contribution is -2.25. The molecule has 0 aliphatic rings. The Bertz CT molecular complexity index is 435. The zero-order chi connectivity index (χ0) is 14.1. The third kappa shape index (κ3) is 3.25. The lowest BCUT2D eigenvalue weighted by molar-refractivity contribution is 0.153. The normalized spacial score (nSPS) is 11.4. The molecule has 0 radical (unpaired) electrons. The molecule has 1 N–H and O–H groups in total. The van der Waals surface area contributed by atoms with Gasteiger partial charge in [0, 0.05) is 13.6 Å². The molecule has 18 heavy (non-hydrogen) atoms. The molecular formula is C15H23NO2. The van der Waals surface area contributed by atoms with E-state index < -0.39 is 6.09 Å². The fourth-order valence-corrected chi connectivity index (χ4v) is 1.98. The van der Waals surface area contributed by atoms with Crippen molar-refractivity contribution in [1.82, 2.24) is 4.90 Å². The molecule has 0 bridgehead atoms. The van der Waals surface area contributed by atoms with E-state index in [0.29, 0.717) is 6.54 Å². The molecule has 0 aromatic heterocycles. The minimum Gasteiger partial charge on any atom is -0.465 e. The van der Waals surface area contributed by atoms with E-state index in [4.69, 9.17) is 5.11 Å². The number of carbonyl (C=O) groups is 1. The second kappa shape index (κ2) is 5.01. The van der Waals surface area contributed by atoms with E-state index in [9.17, 15) is 4.79 Å². The SMILES string of the molecule is Cc1cc(C(C)(C)C)cc(C)c1CN(C)C(=O)O. The number of aryl methyl sites for hydroxylation is 2. The molecule has 0 fully saturated rings. The van der Waals surface area contributed by atoms with E-state index >= 15 is 0 Å². The molecular weight excluding hydrogens is 226 g/mol. The van der Waals surface area contributed by atoms with Gasteiger partial charge < -0.3 is 10.0 Å². The first-order valence-electron chi connectivity index (χ1n) is 6.17. The van der Waals surface area contributed by atoms with Crippen molar-refractivity contribution in [2.75, 3.05) is 7.05 Å². The molecule has 0 atom stereocenters. The summed E-state index contributed by atoms with van der Waals surface area (Å²) in [5.41, 5.74) is 4.83. The summed E-state index contributed by atoms with van der Waals surface area (Å²) >= 11 is 0. The second-order valence-electron chi connectivity index (χ2n) is 5.98. The van der Waals surface area contributed by atoms with Gasteiger partial charge in [-0.3, -0.25) is 0 Å². The summed E-state index contributed by atoms with van der Waals surface area (Å²) in [6.45, 7) is 11.1. The Labute approximate surface area is 109 Å². The number of amides is 1. The van der Waals surface area contributed by atoms with Crippen molar-refractivity contribution in [2.45, 2.75) is 46.6 Å². The van der Waals surface area contributed by atoms with Gasteiger partial charge >= 0.3 is 6.09 Å². The van der Waals surface area contributed by atoms with Crippen LogP contribution in [-0.4, -0.2) is 23.1 Å². The fraction of sp³-hybridized carbons (Fsp3) is 0.533. The Balaban J connectivity index is 3.13. The summed E-state index contributed by atoms with van der Waals surface area (Å²) in [7, 11) is 1.60. The van der Waals surface area contributed by atoms with Crippen molar-refractivity contribution in [3.8, 4) is 0 Å². The highest BCUT2D eigenvalue weighted by Gasteiger charge is 2.17. The highest BCUT2D eigenvalue weighted by Crippen LogP contribution is 2.27. The van der Waals surface area contributed by atoms with Crippen LogP contribution in [0.3, 0.4) is 0 Å². The van der Waals surface area contributed by atoms with E-state index in [1.54, 1.807) is 7.05 Å². The van der Waals surface area contributed by atoms with Gasteiger partial charge in [0.1, 0.15) is 0 Å². The molecule has 1 aromatic rings. The van der Waals surface area contributed by atoms with Crippen molar-refractivity contribution in [2.24, 2.45) is 0 Å². The predicted molar refractivity (Wildman–Crippen MR) is 74.1 cm³/mol. The number of hydrogen-bond donors (Lipinski definition) is 1. The average molecular weight is 249 g/mol. The van der Waals surface area contributed by atoms with Gasteiger partial charge in [0.2, 0.25) is 0 Å². The molecule has 100 valence electrons. The Morgan fingerprint density at radius 3 is 2.00 bits per heavy atom. The van der Waals surface area contributed by atoms with Crippen LogP contribution in [0.4, 0.5) is 4.79 Å². The summed E-state index contributed by atoms with van der Waals surface area (Å²) < 4.78 is 0. The predicted octanol–water partition coefficient (Wildman–Crippen LogP) is 3.71. The molecule has 1 aromatic carbocycles. The van der Waals surface area contributed by atoms with Gasteiger partial charge in [0.25, 0.3) is 0 Å². The fourth-order valence-electron chi connectivity index (χ4n) is 1.98. The van der Waals surface area contributed by atoms with Crippen LogP contribution < -0.4 is 0 Å². The molecule has 0 saturated carbocycles. The highest BCUT2D eigenvalue weighted by atomic mass is 16.4. The average Bonchev–Trinajstić information content (AvgIpc) is 2.21. The third-order valence-electron chi connectivity index (χ3n) is 3.28. The zero-order valence-corrected chi connectivity index (χ0v) is 12.2. The number of hydrogen-bond acceptors (Lipinski definition) is 1. The van der Waals surface area contributed by atoms with E-state index in [0.717, 1.165) is 16.7 Å². The van der Waals surface area contributed by atoms with Crippen molar-refractivity contribution in [3.05, 3.63) is 34.4 Å². The highest BCUT2D eigenvalue weighted by molar-refractivity contribution is 5.64. The van der Waals surface area contributed by atoms with Crippen LogP contribution in [-0.2, 0) is 12.0 Å². The molecule has 0 unspecified atom stereocenters. The van der Waals surface area contributed by atoms with Gasteiger partial charge in [-0.1, -0.05) is 32.9 Å². The first kappa shape index (κ1) is 14.6. The summed E-state index contributed by atoms with van der Waals surface area (Å²) in [5, 5.41) is 8.93. The molecule has 3 nitrogen and oxygen atoms in total. The van der Waals surface area contributed by atoms with Crippen LogP contribution in [0.15, 0.2) is 12.1 Å². The van der Waals surface area contributed by atoms with Crippen molar-refractivity contribution in [1.29, 1.82) is 0 Å². The standard InChI is InChI=1S/C15H23NO2/c1-10-7-12(15(3,4)5)8-11(2)13(10)9-16(6)14(17)18/h7-8H,9H2,1-6H3,(H,17,18). The maximum atomic E-state index is 10.9. The first-order chi connectivity index (χ1) is 8.12. The summed E-state index contributed by atoms with van der Waals surface area (Å²) in [5.74, 6) is 0. The topological polar surface area (TPSA) is 40.5 Å². The lowest BCUT2D eigenvalue weighted by Gasteiger charge is -2.23. The first-order valence-corrected chi connectivity index (χ1v) is 6.17. The van der Waals surface area contributed by atoms with Crippen molar-refractivity contribution in [3.63, 3.8) is 0 Å². The van der Waals surface area contributed by atoms with Crippen LogP contribution in [0.25, 0.3) is 0 Å². The lowest BCUT2D eigenvalue weighted by atomic mass is 9.84. The van der Waals surface area contributed by atoms with Crippen molar-refractivity contribution < 1.29 is 9.90 Å². The molecule has 0 spiro atoms. The molecule has 1 amide bonds. The third-order valence-corrected chi connectivity index (χ3v) is 3.28. The number of rotatable bonds is 2. The monoisotopic (exact) mass is 249 g/mol. The summed E-state index contributed by atoms with van der Waals surface area (Å²) in [4.78, 5) is 12.2. The van der Waals surface area contributed by atoms with Crippen LogP contribution in [0.1, 0.15) is 43.0 Å². The quantitative estimate of drug-likeness (QED) is 0.868. The van der Waals surface area contributed by atoms with Gasteiger partial charge in [0.15, 0.2) is 0 Å². The van der Waals surface area contributed by atoms with Crippen LogP contribution in [0.2, 0.25) is 0 Å². The van der Waals surface area contributed by atoms with E-state index in [-0.39, 0.29) is 5.41 Å². The number of benzene rings is 1. The second-order valence-corrected chi connectivity index (χ2v) is 5.98. The Morgan fingerprint density at radius 1 is 1.22 bits per heavy atom. The molecule has 0 heterocycles. The molecule has 0 saturated heterocycles. The summed E-state index contributed by atoms with van der Waals surface area (Å²) in [6, 6.07) is 4.33. The van der Waals surface area contributed by atoms with Gasteiger partial charge in [-0.25, -0.2) is 4.79 Å². The van der Waals surface area contributed by atoms with E-state index in [1.807, 2.05) is 13.8 Å².